The first kappa shape index (κ1) is 18.3. The molecule has 0 aliphatic heterocycles. The highest BCUT2D eigenvalue weighted by atomic mass is 32.1. The maximum atomic E-state index is 12.5. The number of benzene rings is 1. The molecule has 0 spiro atoms. The summed E-state index contributed by atoms with van der Waals surface area (Å²) in [5, 5.41) is 5.89. The molecule has 1 aromatic heterocycles. The van der Waals surface area contributed by atoms with Gasteiger partial charge in [-0.1, -0.05) is 37.3 Å². The summed E-state index contributed by atoms with van der Waals surface area (Å²) < 4.78 is 37.6. The minimum absolute atomic E-state index is 0.0580. The monoisotopic (exact) mass is 357 g/mol. The van der Waals surface area contributed by atoms with Crippen LogP contribution in [0.4, 0.5) is 24.0 Å². The molecule has 1 amide bonds. The fraction of sp³-hybridized carbons (Fsp3) is 0.375. The third kappa shape index (κ3) is 4.95. The van der Waals surface area contributed by atoms with Crippen molar-refractivity contribution in [1.82, 2.24) is 4.98 Å². The molecule has 2 rings (SSSR count). The lowest BCUT2D eigenvalue weighted by Gasteiger charge is -2.11. The summed E-state index contributed by atoms with van der Waals surface area (Å²) in [5.41, 5.74) is 1.50. The van der Waals surface area contributed by atoms with Crippen LogP contribution >= 0.6 is 11.3 Å². The van der Waals surface area contributed by atoms with Crippen LogP contribution in [0.1, 0.15) is 30.7 Å². The largest absolute Gasteiger partial charge is 0.427 e. The summed E-state index contributed by atoms with van der Waals surface area (Å²) in [5.74, 6) is -0.139. The molecule has 0 saturated heterocycles. The molecule has 1 unspecified atom stereocenters. The SMILES string of the molecule is CCC(C)C(=O)Nc1cccc(CNc2ncc(C(F)(F)F)s2)c1. The number of hydrogen-bond acceptors (Lipinski definition) is 4. The Kier molecular flexibility index (Phi) is 5.82. The van der Waals surface area contributed by atoms with E-state index in [4.69, 9.17) is 0 Å². The maximum Gasteiger partial charge on any atom is 0.427 e. The Bertz CT molecular complexity index is 700. The molecule has 1 atom stereocenters. The third-order valence-electron chi connectivity index (χ3n) is 3.48. The van der Waals surface area contributed by atoms with Gasteiger partial charge in [0.15, 0.2) is 5.13 Å². The maximum absolute atomic E-state index is 12.5. The van der Waals surface area contributed by atoms with E-state index in [1.165, 1.54) is 0 Å². The molecular formula is C16H18F3N3OS. The van der Waals surface area contributed by atoms with E-state index in [-0.39, 0.29) is 17.0 Å². The highest BCUT2D eigenvalue weighted by molar-refractivity contribution is 7.15. The molecule has 8 heteroatoms. The first-order valence-electron chi connectivity index (χ1n) is 7.46. The molecule has 0 aliphatic carbocycles. The average Bonchev–Trinajstić information content (AvgIpc) is 3.01. The molecular weight excluding hydrogens is 339 g/mol. The van der Waals surface area contributed by atoms with Crippen molar-refractivity contribution in [1.29, 1.82) is 0 Å². The van der Waals surface area contributed by atoms with Crippen molar-refractivity contribution >= 4 is 28.1 Å². The number of aromatic nitrogens is 1. The van der Waals surface area contributed by atoms with Crippen molar-refractivity contribution in [2.75, 3.05) is 10.6 Å². The highest BCUT2D eigenvalue weighted by Gasteiger charge is 2.33. The Balaban J connectivity index is 1.97. The van der Waals surface area contributed by atoms with E-state index < -0.39 is 11.1 Å². The molecule has 0 radical (unpaired) electrons. The van der Waals surface area contributed by atoms with E-state index in [2.05, 4.69) is 15.6 Å². The lowest BCUT2D eigenvalue weighted by molar-refractivity contribution is -0.134. The molecule has 0 fully saturated rings. The number of anilines is 2. The molecule has 130 valence electrons. The molecule has 0 aliphatic rings. The zero-order valence-electron chi connectivity index (χ0n) is 13.3. The van der Waals surface area contributed by atoms with Gasteiger partial charge in [-0.05, 0) is 24.1 Å². The van der Waals surface area contributed by atoms with Crippen LogP contribution in [-0.4, -0.2) is 10.9 Å². The van der Waals surface area contributed by atoms with Crippen molar-refractivity contribution in [3.63, 3.8) is 0 Å². The highest BCUT2D eigenvalue weighted by Crippen LogP contribution is 2.35. The van der Waals surface area contributed by atoms with Gasteiger partial charge in [-0.3, -0.25) is 4.79 Å². The first-order valence-corrected chi connectivity index (χ1v) is 8.28. The predicted molar refractivity (Wildman–Crippen MR) is 89.0 cm³/mol. The van der Waals surface area contributed by atoms with Crippen LogP contribution in [-0.2, 0) is 17.5 Å². The number of halogens is 3. The molecule has 0 bridgehead atoms. The van der Waals surface area contributed by atoms with Crippen LogP contribution in [0.2, 0.25) is 0 Å². The number of nitrogens with one attached hydrogen (secondary N) is 2. The van der Waals surface area contributed by atoms with Crippen LogP contribution in [0.25, 0.3) is 0 Å². The fourth-order valence-electron chi connectivity index (χ4n) is 1.87. The molecule has 2 aromatic rings. The van der Waals surface area contributed by atoms with Gasteiger partial charge >= 0.3 is 6.18 Å². The van der Waals surface area contributed by atoms with Crippen LogP contribution in [0.3, 0.4) is 0 Å². The molecule has 4 nitrogen and oxygen atoms in total. The summed E-state index contributed by atoms with van der Waals surface area (Å²) in [4.78, 5) is 14.9. The Labute approximate surface area is 142 Å². The quantitative estimate of drug-likeness (QED) is 0.784. The molecule has 1 heterocycles. The topological polar surface area (TPSA) is 54.0 Å². The Morgan fingerprint density at radius 2 is 2.12 bits per heavy atom. The van der Waals surface area contributed by atoms with Crippen LogP contribution in [0.5, 0.6) is 0 Å². The standard InChI is InChI=1S/C16H18F3N3OS/c1-3-10(2)14(23)22-12-6-4-5-11(7-12)8-20-15-21-9-13(24-15)16(17,18)19/h4-7,9-10H,3,8H2,1-2H3,(H,20,21)(H,22,23). The number of hydrogen-bond donors (Lipinski definition) is 2. The van der Waals surface area contributed by atoms with Crippen molar-refractivity contribution in [2.45, 2.75) is 33.0 Å². The van der Waals surface area contributed by atoms with E-state index in [0.717, 1.165) is 18.2 Å². The number of alkyl halides is 3. The van der Waals surface area contributed by atoms with E-state index in [1.54, 1.807) is 18.2 Å². The van der Waals surface area contributed by atoms with Gasteiger partial charge in [0.05, 0.1) is 6.20 Å². The van der Waals surface area contributed by atoms with Crippen molar-refractivity contribution < 1.29 is 18.0 Å². The fourth-order valence-corrected chi connectivity index (χ4v) is 2.55. The van der Waals surface area contributed by atoms with Crippen LogP contribution in [0, 0.1) is 5.92 Å². The van der Waals surface area contributed by atoms with Crippen LogP contribution in [0.15, 0.2) is 30.5 Å². The first-order chi connectivity index (χ1) is 11.3. The Morgan fingerprint density at radius 3 is 2.75 bits per heavy atom. The second-order valence-corrected chi connectivity index (χ2v) is 6.41. The van der Waals surface area contributed by atoms with Crippen molar-refractivity contribution in [2.24, 2.45) is 5.92 Å². The molecule has 1 aromatic carbocycles. The minimum atomic E-state index is -4.38. The Hall–Kier alpha value is -2.09. The predicted octanol–water partition coefficient (Wildman–Crippen LogP) is 4.76. The van der Waals surface area contributed by atoms with Crippen molar-refractivity contribution in [3.05, 3.63) is 40.9 Å². The number of thiazole rings is 1. The smallest absolute Gasteiger partial charge is 0.357 e. The van der Waals surface area contributed by atoms with Gasteiger partial charge in [-0.15, -0.1) is 0 Å². The van der Waals surface area contributed by atoms with E-state index in [0.29, 0.717) is 23.6 Å². The van der Waals surface area contributed by atoms with E-state index in [9.17, 15) is 18.0 Å². The van der Waals surface area contributed by atoms with Gasteiger partial charge in [-0.2, -0.15) is 13.2 Å². The van der Waals surface area contributed by atoms with E-state index >= 15 is 0 Å². The van der Waals surface area contributed by atoms with Gasteiger partial charge in [-0.25, -0.2) is 4.98 Å². The van der Waals surface area contributed by atoms with Gasteiger partial charge in [0.2, 0.25) is 5.91 Å². The number of carbonyl (C=O) groups excluding carboxylic acids is 1. The molecule has 0 saturated carbocycles. The number of carbonyl (C=O) groups is 1. The van der Waals surface area contributed by atoms with Gasteiger partial charge in [0, 0.05) is 18.2 Å². The average molecular weight is 357 g/mol. The Morgan fingerprint density at radius 1 is 1.38 bits per heavy atom. The summed E-state index contributed by atoms with van der Waals surface area (Å²) in [6, 6.07) is 7.16. The molecule has 24 heavy (non-hydrogen) atoms. The van der Waals surface area contributed by atoms with Gasteiger partial charge < -0.3 is 10.6 Å². The zero-order valence-corrected chi connectivity index (χ0v) is 14.1. The lowest BCUT2D eigenvalue weighted by Crippen LogP contribution is -2.19. The summed E-state index contributed by atoms with van der Waals surface area (Å²) in [6.45, 7) is 4.10. The number of rotatable bonds is 6. The summed E-state index contributed by atoms with van der Waals surface area (Å²) >= 11 is 0.564. The third-order valence-corrected chi connectivity index (χ3v) is 4.48. The number of nitrogens with zero attached hydrogens (tertiary/aromatic N) is 1. The van der Waals surface area contributed by atoms with E-state index in [1.807, 2.05) is 19.9 Å². The summed E-state index contributed by atoms with van der Waals surface area (Å²) in [6.07, 6.45) is -2.81. The van der Waals surface area contributed by atoms with Gasteiger partial charge in [0.1, 0.15) is 4.88 Å². The summed E-state index contributed by atoms with van der Waals surface area (Å²) in [7, 11) is 0. The lowest BCUT2D eigenvalue weighted by atomic mass is 10.1. The van der Waals surface area contributed by atoms with Crippen molar-refractivity contribution in [3.8, 4) is 0 Å². The molecule has 2 N–H and O–H groups in total. The zero-order chi connectivity index (χ0) is 17.7. The second kappa shape index (κ2) is 7.65. The van der Waals surface area contributed by atoms with Crippen LogP contribution < -0.4 is 10.6 Å². The van der Waals surface area contributed by atoms with Gasteiger partial charge in [0.25, 0.3) is 0 Å². The minimum Gasteiger partial charge on any atom is -0.357 e. The normalized spacial score (nSPS) is 12.7. The second-order valence-electron chi connectivity index (χ2n) is 5.38. The number of amides is 1.